The molecule has 0 amide bonds. The molecule has 18 heavy (non-hydrogen) atoms. The molecule has 0 aliphatic carbocycles. The number of ether oxygens (including phenoxy) is 1. The van der Waals surface area contributed by atoms with Crippen molar-refractivity contribution < 1.29 is 9.84 Å². The third-order valence-corrected chi connectivity index (χ3v) is 2.82. The van der Waals surface area contributed by atoms with E-state index in [4.69, 9.17) is 10.5 Å². The lowest BCUT2D eigenvalue weighted by Gasteiger charge is -2.24. The normalized spacial score (nSPS) is 13.9. The lowest BCUT2D eigenvalue weighted by molar-refractivity contribution is 0.00786. The first kappa shape index (κ1) is 12.5. The number of hydrogen-bond acceptors (Lipinski definition) is 3. The highest BCUT2D eigenvalue weighted by Crippen LogP contribution is 2.25. The van der Waals surface area contributed by atoms with E-state index in [1.807, 2.05) is 42.5 Å². The smallest absolute Gasteiger partial charge is 0.142 e. The number of nitrogens with two attached hydrogens (primary N) is 1. The second-order valence-electron chi connectivity index (χ2n) is 4.47. The van der Waals surface area contributed by atoms with Gasteiger partial charge in [-0.05, 0) is 24.6 Å². The molecule has 0 radical (unpaired) electrons. The van der Waals surface area contributed by atoms with E-state index in [1.165, 1.54) is 0 Å². The fraction of sp³-hybridized carbons (Fsp3) is 0.200. The van der Waals surface area contributed by atoms with E-state index in [2.05, 4.69) is 0 Å². The molecule has 3 heteroatoms. The maximum atomic E-state index is 10.4. The van der Waals surface area contributed by atoms with Gasteiger partial charge in [-0.1, -0.05) is 42.5 Å². The molecule has 0 bridgehead atoms. The summed E-state index contributed by atoms with van der Waals surface area (Å²) in [6.07, 6.45) is 0. The van der Waals surface area contributed by atoms with E-state index in [-0.39, 0.29) is 6.61 Å². The van der Waals surface area contributed by atoms with Crippen molar-refractivity contribution in [2.75, 3.05) is 12.3 Å². The van der Waals surface area contributed by atoms with Crippen LogP contribution < -0.4 is 10.5 Å². The molecular weight excluding hydrogens is 226 g/mol. The predicted molar refractivity (Wildman–Crippen MR) is 72.4 cm³/mol. The van der Waals surface area contributed by atoms with Crippen molar-refractivity contribution in [3.8, 4) is 5.75 Å². The van der Waals surface area contributed by atoms with E-state index in [0.29, 0.717) is 11.4 Å². The van der Waals surface area contributed by atoms with Gasteiger partial charge < -0.3 is 15.6 Å². The van der Waals surface area contributed by atoms with Crippen LogP contribution in [0.4, 0.5) is 5.69 Å². The summed E-state index contributed by atoms with van der Waals surface area (Å²) in [7, 11) is 0. The van der Waals surface area contributed by atoms with Crippen LogP contribution >= 0.6 is 0 Å². The van der Waals surface area contributed by atoms with Gasteiger partial charge in [-0.25, -0.2) is 0 Å². The van der Waals surface area contributed by atoms with Gasteiger partial charge >= 0.3 is 0 Å². The molecule has 0 saturated carbocycles. The van der Waals surface area contributed by atoms with Gasteiger partial charge in [0, 0.05) is 0 Å². The Morgan fingerprint density at radius 3 is 2.33 bits per heavy atom. The summed E-state index contributed by atoms with van der Waals surface area (Å²) in [6.45, 7) is 1.88. The van der Waals surface area contributed by atoms with Crippen LogP contribution in [0.3, 0.4) is 0 Å². The van der Waals surface area contributed by atoms with E-state index in [0.717, 1.165) is 5.56 Å². The monoisotopic (exact) mass is 243 g/mol. The lowest BCUT2D eigenvalue weighted by Crippen LogP contribution is -2.29. The zero-order chi connectivity index (χ0) is 13.0. The van der Waals surface area contributed by atoms with Gasteiger partial charge in [0.1, 0.15) is 18.0 Å². The molecule has 2 rings (SSSR count). The number of benzene rings is 2. The maximum absolute atomic E-state index is 10.4. The molecule has 0 aliphatic heterocycles. The molecular formula is C15H17NO2. The fourth-order valence-electron chi connectivity index (χ4n) is 1.71. The van der Waals surface area contributed by atoms with Crippen molar-refractivity contribution in [1.29, 1.82) is 0 Å². The Bertz CT molecular complexity index is 509. The lowest BCUT2D eigenvalue weighted by atomic mass is 9.97. The predicted octanol–water partition coefficient (Wildman–Crippen LogP) is 2.56. The van der Waals surface area contributed by atoms with Crippen molar-refractivity contribution in [1.82, 2.24) is 0 Å². The Morgan fingerprint density at radius 2 is 1.67 bits per heavy atom. The van der Waals surface area contributed by atoms with E-state index >= 15 is 0 Å². The number of para-hydroxylation sites is 2. The van der Waals surface area contributed by atoms with Gasteiger partial charge in [-0.3, -0.25) is 0 Å². The van der Waals surface area contributed by atoms with Gasteiger partial charge in [0.15, 0.2) is 0 Å². The zero-order valence-corrected chi connectivity index (χ0v) is 10.3. The second kappa shape index (κ2) is 5.10. The second-order valence-corrected chi connectivity index (χ2v) is 4.47. The quantitative estimate of drug-likeness (QED) is 0.811. The molecule has 2 aromatic carbocycles. The first-order valence-corrected chi connectivity index (χ1v) is 5.85. The van der Waals surface area contributed by atoms with E-state index < -0.39 is 5.60 Å². The van der Waals surface area contributed by atoms with Crippen LogP contribution in [0.1, 0.15) is 12.5 Å². The Morgan fingerprint density at radius 1 is 1.06 bits per heavy atom. The van der Waals surface area contributed by atoms with Crippen LogP contribution in [0.2, 0.25) is 0 Å². The first-order chi connectivity index (χ1) is 8.59. The highest BCUT2D eigenvalue weighted by atomic mass is 16.5. The molecule has 1 atom stereocenters. The molecule has 1 unspecified atom stereocenters. The summed E-state index contributed by atoms with van der Waals surface area (Å²) >= 11 is 0. The molecule has 0 aliphatic rings. The minimum atomic E-state index is -1.04. The maximum Gasteiger partial charge on any atom is 0.142 e. The molecule has 0 aromatic heterocycles. The highest BCUT2D eigenvalue weighted by Gasteiger charge is 2.24. The summed E-state index contributed by atoms with van der Waals surface area (Å²) in [5, 5.41) is 10.4. The Balaban J connectivity index is 2.08. The van der Waals surface area contributed by atoms with Crippen molar-refractivity contribution in [2.24, 2.45) is 0 Å². The Hall–Kier alpha value is -2.00. The molecule has 2 aromatic rings. The third kappa shape index (κ3) is 2.81. The van der Waals surface area contributed by atoms with E-state index in [1.54, 1.807) is 19.1 Å². The van der Waals surface area contributed by atoms with Gasteiger partial charge in [0.25, 0.3) is 0 Å². The fourth-order valence-corrected chi connectivity index (χ4v) is 1.71. The number of aliphatic hydroxyl groups is 1. The summed E-state index contributed by atoms with van der Waals surface area (Å²) in [5.74, 6) is 0.591. The van der Waals surface area contributed by atoms with Crippen molar-refractivity contribution in [3.63, 3.8) is 0 Å². The van der Waals surface area contributed by atoms with Crippen LogP contribution in [0.25, 0.3) is 0 Å². The first-order valence-electron chi connectivity index (χ1n) is 5.85. The average molecular weight is 243 g/mol. The summed E-state index contributed by atoms with van der Waals surface area (Å²) in [4.78, 5) is 0. The molecule has 3 N–H and O–H groups in total. The van der Waals surface area contributed by atoms with Crippen LogP contribution in [0.5, 0.6) is 5.75 Å². The molecule has 94 valence electrons. The molecule has 3 nitrogen and oxygen atoms in total. The van der Waals surface area contributed by atoms with Crippen LogP contribution in [-0.4, -0.2) is 11.7 Å². The number of rotatable bonds is 4. The van der Waals surface area contributed by atoms with Crippen LogP contribution in [0.15, 0.2) is 54.6 Å². The minimum Gasteiger partial charge on any atom is -0.488 e. The van der Waals surface area contributed by atoms with Gasteiger partial charge in [0.2, 0.25) is 0 Å². The summed E-state index contributed by atoms with van der Waals surface area (Å²) in [5.41, 5.74) is 6.13. The average Bonchev–Trinajstić information content (AvgIpc) is 2.39. The van der Waals surface area contributed by atoms with Gasteiger partial charge in [0.05, 0.1) is 5.69 Å². The Labute approximate surface area is 107 Å². The van der Waals surface area contributed by atoms with E-state index in [9.17, 15) is 5.11 Å². The standard InChI is InChI=1S/C15H17NO2/c1-15(17,12-7-3-2-4-8-12)11-18-14-10-6-5-9-13(14)16/h2-10,17H,11,16H2,1H3. The number of anilines is 1. The van der Waals surface area contributed by atoms with Gasteiger partial charge in [-0.15, -0.1) is 0 Å². The topological polar surface area (TPSA) is 55.5 Å². The molecule has 0 heterocycles. The van der Waals surface area contributed by atoms with Crippen molar-refractivity contribution in [2.45, 2.75) is 12.5 Å². The summed E-state index contributed by atoms with van der Waals surface area (Å²) in [6, 6.07) is 16.7. The number of nitrogen functional groups attached to an aromatic ring is 1. The van der Waals surface area contributed by atoms with Crippen molar-refractivity contribution >= 4 is 5.69 Å². The van der Waals surface area contributed by atoms with Crippen LogP contribution in [-0.2, 0) is 5.60 Å². The van der Waals surface area contributed by atoms with Crippen molar-refractivity contribution in [3.05, 3.63) is 60.2 Å². The Kier molecular flexibility index (Phi) is 3.53. The minimum absolute atomic E-state index is 0.158. The molecule has 0 fully saturated rings. The molecule has 0 spiro atoms. The largest absolute Gasteiger partial charge is 0.488 e. The summed E-state index contributed by atoms with van der Waals surface area (Å²) < 4.78 is 5.58. The highest BCUT2D eigenvalue weighted by molar-refractivity contribution is 5.51. The van der Waals surface area contributed by atoms with Crippen LogP contribution in [0, 0.1) is 0 Å². The van der Waals surface area contributed by atoms with Gasteiger partial charge in [-0.2, -0.15) is 0 Å². The molecule has 0 saturated heterocycles. The SMILES string of the molecule is CC(O)(COc1ccccc1N)c1ccccc1. The number of hydrogen-bond donors (Lipinski definition) is 2. The zero-order valence-electron chi connectivity index (χ0n) is 10.3. The third-order valence-electron chi connectivity index (χ3n) is 2.82.